The fraction of sp³-hybridized carbons (Fsp3) is 0.300. The Labute approximate surface area is 90.9 Å². The monoisotopic (exact) mass is 252 g/mol. The molecule has 0 fully saturated rings. The summed E-state index contributed by atoms with van der Waals surface area (Å²) in [5.41, 5.74) is 0.543. The normalized spacial score (nSPS) is 11.8. The van der Waals surface area contributed by atoms with Crippen LogP contribution in [0.15, 0.2) is 22.9 Å². The summed E-state index contributed by atoms with van der Waals surface area (Å²) in [6.45, 7) is 1.73. The maximum atomic E-state index is 11.6. The van der Waals surface area contributed by atoms with Crippen LogP contribution in [0.4, 0.5) is 0 Å². The second kappa shape index (κ2) is 4.87. The molecule has 0 aliphatic rings. The molecule has 3 nitrogen and oxygen atoms in total. The molecule has 0 N–H and O–H groups in total. The lowest BCUT2D eigenvalue weighted by atomic mass is 10.0. The number of hydrogen-bond donors (Lipinski definition) is 0. The van der Waals surface area contributed by atoms with E-state index >= 15 is 0 Å². The molecular weight excluding hydrogens is 244 g/mol. The van der Waals surface area contributed by atoms with Crippen LogP contribution in [-0.4, -0.2) is 10.8 Å². The topological polar surface area (TPSA) is 53.8 Å². The molecule has 0 amide bonds. The molecular formula is C10H9BrN2O. The Balaban J connectivity index is 2.76. The van der Waals surface area contributed by atoms with E-state index in [4.69, 9.17) is 5.26 Å². The zero-order valence-corrected chi connectivity index (χ0v) is 9.28. The third kappa shape index (κ3) is 2.93. The standard InChI is InChI=1S/C10H9BrN2O/c1-7(4-12)2-10(14)8-3-9(11)6-13-5-8/h3,5-7H,2H2,1H3. The van der Waals surface area contributed by atoms with Gasteiger partial charge in [-0.25, -0.2) is 0 Å². The van der Waals surface area contributed by atoms with Crippen LogP contribution in [0, 0.1) is 17.2 Å². The molecule has 0 bridgehead atoms. The third-order valence-electron chi connectivity index (χ3n) is 1.74. The van der Waals surface area contributed by atoms with Gasteiger partial charge >= 0.3 is 0 Å². The minimum atomic E-state index is -0.249. The Hall–Kier alpha value is -1.21. The van der Waals surface area contributed by atoms with Crippen molar-refractivity contribution in [3.8, 4) is 6.07 Å². The van der Waals surface area contributed by atoms with Gasteiger partial charge in [0.1, 0.15) is 0 Å². The third-order valence-corrected chi connectivity index (χ3v) is 2.17. The molecule has 0 saturated carbocycles. The Morgan fingerprint density at radius 1 is 1.71 bits per heavy atom. The summed E-state index contributed by atoms with van der Waals surface area (Å²) in [5.74, 6) is -0.297. The summed E-state index contributed by atoms with van der Waals surface area (Å²) < 4.78 is 0.771. The molecule has 0 aromatic carbocycles. The molecule has 0 spiro atoms. The highest BCUT2D eigenvalue weighted by molar-refractivity contribution is 9.10. The lowest BCUT2D eigenvalue weighted by molar-refractivity contribution is 0.0972. The number of hydrogen-bond acceptors (Lipinski definition) is 3. The number of pyridine rings is 1. The first-order valence-electron chi connectivity index (χ1n) is 4.17. The van der Waals surface area contributed by atoms with Crippen LogP contribution in [0.5, 0.6) is 0 Å². The number of nitriles is 1. The number of ketones is 1. The molecule has 1 unspecified atom stereocenters. The summed E-state index contributed by atoms with van der Waals surface area (Å²) in [6.07, 6.45) is 3.37. The van der Waals surface area contributed by atoms with Crippen LogP contribution in [0.1, 0.15) is 23.7 Å². The predicted octanol–water partition coefficient (Wildman–Crippen LogP) is 2.58. The summed E-state index contributed by atoms with van der Waals surface area (Å²) in [7, 11) is 0. The lowest BCUT2D eigenvalue weighted by Gasteiger charge is -2.01. The zero-order valence-electron chi connectivity index (χ0n) is 7.70. The van der Waals surface area contributed by atoms with Crippen molar-refractivity contribution in [3.05, 3.63) is 28.5 Å². The van der Waals surface area contributed by atoms with Gasteiger partial charge in [-0.2, -0.15) is 5.26 Å². The van der Waals surface area contributed by atoms with Crippen LogP contribution in [0.3, 0.4) is 0 Å². The SMILES string of the molecule is CC(C#N)CC(=O)c1cncc(Br)c1. The highest BCUT2D eigenvalue weighted by atomic mass is 79.9. The smallest absolute Gasteiger partial charge is 0.165 e. The maximum absolute atomic E-state index is 11.6. The zero-order chi connectivity index (χ0) is 10.6. The Kier molecular flexibility index (Phi) is 3.78. The van der Waals surface area contributed by atoms with Gasteiger partial charge in [-0.05, 0) is 28.9 Å². The van der Waals surface area contributed by atoms with Crippen molar-refractivity contribution in [1.82, 2.24) is 4.98 Å². The van der Waals surface area contributed by atoms with Gasteiger partial charge in [0.25, 0.3) is 0 Å². The number of halogens is 1. The number of aromatic nitrogens is 1. The van der Waals surface area contributed by atoms with Gasteiger partial charge in [0.15, 0.2) is 5.78 Å². The highest BCUT2D eigenvalue weighted by Crippen LogP contribution is 2.13. The molecule has 1 aromatic rings. The van der Waals surface area contributed by atoms with E-state index in [1.165, 1.54) is 6.20 Å². The number of carbonyl (C=O) groups is 1. The van der Waals surface area contributed by atoms with Crippen molar-refractivity contribution in [2.24, 2.45) is 5.92 Å². The number of carbonyl (C=O) groups excluding carboxylic acids is 1. The van der Waals surface area contributed by atoms with Crippen molar-refractivity contribution < 1.29 is 4.79 Å². The van der Waals surface area contributed by atoms with Crippen LogP contribution >= 0.6 is 15.9 Å². The molecule has 0 aliphatic carbocycles. The first kappa shape index (κ1) is 10.9. The van der Waals surface area contributed by atoms with E-state index in [9.17, 15) is 4.79 Å². The van der Waals surface area contributed by atoms with Gasteiger partial charge in [-0.15, -0.1) is 0 Å². The Morgan fingerprint density at radius 2 is 2.43 bits per heavy atom. The minimum absolute atomic E-state index is 0.0483. The van der Waals surface area contributed by atoms with E-state index in [1.54, 1.807) is 19.2 Å². The Bertz CT molecular complexity index is 384. The summed E-state index contributed by atoms with van der Waals surface area (Å²) >= 11 is 3.23. The fourth-order valence-corrected chi connectivity index (χ4v) is 1.37. The molecule has 72 valence electrons. The van der Waals surface area contributed by atoms with Crippen molar-refractivity contribution in [2.75, 3.05) is 0 Å². The van der Waals surface area contributed by atoms with Crippen LogP contribution < -0.4 is 0 Å². The van der Waals surface area contributed by atoms with E-state index in [-0.39, 0.29) is 18.1 Å². The van der Waals surface area contributed by atoms with Crippen molar-refractivity contribution in [2.45, 2.75) is 13.3 Å². The first-order chi connectivity index (χ1) is 6.63. The molecule has 1 rings (SSSR count). The molecule has 0 aliphatic heterocycles. The quantitative estimate of drug-likeness (QED) is 0.778. The lowest BCUT2D eigenvalue weighted by Crippen LogP contribution is -2.04. The molecule has 0 radical (unpaired) electrons. The maximum Gasteiger partial charge on any atom is 0.165 e. The van der Waals surface area contributed by atoms with Gasteiger partial charge in [-0.3, -0.25) is 9.78 Å². The van der Waals surface area contributed by atoms with Crippen LogP contribution in [0.25, 0.3) is 0 Å². The molecule has 1 heterocycles. The highest BCUT2D eigenvalue weighted by Gasteiger charge is 2.10. The second-order valence-electron chi connectivity index (χ2n) is 3.05. The summed E-state index contributed by atoms with van der Waals surface area (Å²) in [4.78, 5) is 15.4. The van der Waals surface area contributed by atoms with Gasteiger partial charge < -0.3 is 0 Å². The Morgan fingerprint density at radius 3 is 3.00 bits per heavy atom. The van der Waals surface area contributed by atoms with E-state index in [1.807, 2.05) is 6.07 Å². The van der Waals surface area contributed by atoms with Gasteiger partial charge in [0.2, 0.25) is 0 Å². The molecule has 1 aromatic heterocycles. The van der Waals surface area contributed by atoms with Gasteiger partial charge in [-0.1, -0.05) is 0 Å². The van der Waals surface area contributed by atoms with E-state index in [0.29, 0.717) is 5.56 Å². The van der Waals surface area contributed by atoms with E-state index in [0.717, 1.165) is 4.47 Å². The van der Waals surface area contributed by atoms with Crippen LogP contribution in [0.2, 0.25) is 0 Å². The van der Waals surface area contributed by atoms with Crippen molar-refractivity contribution in [3.63, 3.8) is 0 Å². The summed E-state index contributed by atoms with van der Waals surface area (Å²) in [5, 5.41) is 8.56. The second-order valence-corrected chi connectivity index (χ2v) is 3.96. The van der Waals surface area contributed by atoms with Crippen LogP contribution in [-0.2, 0) is 0 Å². The molecule has 4 heteroatoms. The molecule has 1 atom stereocenters. The van der Waals surface area contributed by atoms with Crippen molar-refractivity contribution >= 4 is 21.7 Å². The average molecular weight is 253 g/mol. The van der Waals surface area contributed by atoms with Crippen molar-refractivity contribution in [1.29, 1.82) is 5.26 Å². The molecule has 14 heavy (non-hydrogen) atoms. The fourth-order valence-electron chi connectivity index (χ4n) is 1.01. The first-order valence-corrected chi connectivity index (χ1v) is 4.96. The molecule has 0 saturated heterocycles. The number of Topliss-reactive ketones (excluding diaryl/α,β-unsaturated/α-hetero) is 1. The summed E-state index contributed by atoms with van der Waals surface area (Å²) in [6, 6.07) is 3.74. The van der Waals surface area contributed by atoms with E-state index in [2.05, 4.69) is 20.9 Å². The number of rotatable bonds is 3. The van der Waals surface area contributed by atoms with Gasteiger partial charge in [0, 0.05) is 28.9 Å². The van der Waals surface area contributed by atoms with E-state index < -0.39 is 0 Å². The number of nitrogens with zero attached hydrogens (tertiary/aromatic N) is 2. The largest absolute Gasteiger partial charge is 0.294 e. The predicted molar refractivity (Wildman–Crippen MR) is 55.7 cm³/mol. The average Bonchev–Trinajstić information content (AvgIpc) is 2.17. The van der Waals surface area contributed by atoms with Gasteiger partial charge in [0.05, 0.1) is 12.0 Å². The minimum Gasteiger partial charge on any atom is -0.294 e.